The summed E-state index contributed by atoms with van der Waals surface area (Å²) in [6.07, 6.45) is 6.68. The molecule has 0 saturated carbocycles. The molecule has 0 spiro atoms. The maximum atomic E-state index is 12.3. The Labute approximate surface area is 172 Å². The highest BCUT2D eigenvalue weighted by atomic mass is 16.6. The minimum absolute atomic E-state index is 0.00624. The predicted octanol–water partition coefficient (Wildman–Crippen LogP) is 4.43. The Kier molecular flexibility index (Phi) is 5.42. The second kappa shape index (κ2) is 7.86. The van der Waals surface area contributed by atoms with Gasteiger partial charge in [0.1, 0.15) is 5.60 Å². The maximum Gasteiger partial charge on any atom is 0.410 e. The molecule has 0 radical (unpaired) electrons. The molecule has 2 fully saturated rings. The van der Waals surface area contributed by atoms with Gasteiger partial charge >= 0.3 is 6.09 Å². The number of piperidine rings is 1. The highest BCUT2D eigenvalue weighted by Crippen LogP contribution is 2.36. The lowest BCUT2D eigenvalue weighted by molar-refractivity contribution is -0.0366. The summed E-state index contributed by atoms with van der Waals surface area (Å²) in [6, 6.07) is 4.21. The highest BCUT2D eigenvalue weighted by Gasteiger charge is 2.29. The number of ether oxygens (including phenoxy) is 2. The van der Waals surface area contributed by atoms with E-state index in [1.807, 2.05) is 37.7 Å². The zero-order chi connectivity index (χ0) is 20.6. The van der Waals surface area contributed by atoms with Crippen LogP contribution >= 0.6 is 0 Å². The fraction of sp³-hybridized carbons (Fsp3) is 0.636. The lowest BCUT2D eigenvalue weighted by atomic mass is 9.88. The van der Waals surface area contributed by atoms with Gasteiger partial charge in [-0.1, -0.05) is 0 Å². The van der Waals surface area contributed by atoms with Crippen LogP contribution in [-0.2, 0) is 9.47 Å². The van der Waals surface area contributed by atoms with Crippen LogP contribution in [-0.4, -0.2) is 46.1 Å². The largest absolute Gasteiger partial charge is 0.444 e. The smallest absolute Gasteiger partial charge is 0.410 e. The Morgan fingerprint density at radius 3 is 2.62 bits per heavy atom. The second-order valence-electron chi connectivity index (χ2n) is 9.19. The summed E-state index contributed by atoms with van der Waals surface area (Å²) < 4.78 is 13.5. The number of likely N-dealkylation sites (tertiary alicyclic amines) is 1. The van der Waals surface area contributed by atoms with E-state index in [9.17, 15) is 4.79 Å². The molecular weight excluding hydrogens is 368 g/mol. The van der Waals surface area contributed by atoms with Gasteiger partial charge in [0.05, 0.1) is 11.7 Å². The third kappa shape index (κ3) is 4.34. The van der Waals surface area contributed by atoms with Crippen molar-refractivity contribution in [3.8, 4) is 0 Å². The van der Waals surface area contributed by atoms with E-state index < -0.39 is 5.60 Å². The van der Waals surface area contributed by atoms with Crippen LogP contribution < -0.4 is 5.73 Å². The van der Waals surface area contributed by atoms with Gasteiger partial charge in [0.15, 0.2) is 6.23 Å². The molecule has 0 aliphatic carbocycles. The van der Waals surface area contributed by atoms with E-state index in [2.05, 4.69) is 11.2 Å². The molecule has 158 valence electrons. The van der Waals surface area contributed by atoms with Gasteiger partial charge in [-0.15, -0.1) is 0 Å². The van der Waals surface area contributed by atoms with Crippen molar-refractivity contribution in [2.45, 2.75) is 70.6 Å². The number of benzene rings is 1. The Morgan fingerprint density at radius 1 is 1.21 bits per heavy atom. The van der Waals surface area contributed by atoms with Crippen molar-refractivity contribution in [1.82, 2.24) is 14.7 Å². The summed E-state index contributed by atoms with van der Waals surface area (Å²) in [4.78, 5) is 14.1. The summed E-state index contributed by atoms with van der Waals surface area (Å²) in [5.74, 6) is 0.328. The number of aromatic nitrogens is 2. The SMILES string of the molecule is CC(C)(C)OC(=O)N1CCC(c2cc3c(cnn3C3CCCCO3)cc2N)CC1. The van der Waals surface area contributed by atoms with E-state index in [1.54, 1.807) is 4.90 Å². The van der Waals surface area contributed by atoms with E-state index in [0.29, 0.717) is 19.0 Å². The number of anilines is 1. The number of amides is 1. The molecule has 2 aromatic rings. The summed E-state index contributed by atoms with van der Waals surface area (Å²) in [5, 5.41) is 5.63. The maximum absolute atomic E-state index is 12.3. The fourth-order valence-electron chi connectivity index (χ4n) is 4.33. The van der Waals surface area contributed by atoms with Gasteiger partial charge in [-0.2, -0.15) is 5.10 Å². The van der Waals surface area contributed by atoms with E-state index in [1.165, 1.54) is 0 Å². The first kappa shape index (κ1) is 20.0. The number of nitrogens with two attached hydrogens (primary N) is 1. The second-order valence-corrected chi connectivity index (χ2v) is 9.19. The van der Waals surface area contributed by atoms with Crippen LogP contribution in [0, 0.1) is 0 Å². The molecule has 29 heavy (non-hydrogen) atoms. The first-order valence-electron chi connectivity index (χ1n) is 10.7. The van der Waals surface area contributed by atoms with Crippen molar-refractivity contribution in [2.24, 2.45) is 0 Å². The van der Waals surface area contributed by atoms with E-state index >= 15 is 0 Å². The number of carbonyl (C=O) groups excluding carboxylic acids is 1. The lowest BCUT2D eigenvalue weighted by Crippen LogP contribution is -2.41. The van der Waals surface area contributed by atoms with Crippen molar-refractivity contribution in [2.75, 3.05) is 25.4 Å². The van der Waals surface area contributed by atoms with Crippen molar-refractivity contribution in [3.05, 3.63) is 23.9 Å². The normalized spacial score (nSPS) is 21.5. The molecule has 1 atom stereocenters. The molecule has 4 rings (SSSR count). The van der Waals surface area contributed by atoms with Crippen molar-refractivity contribution >= 4 is 22.7 Å². The van der Waals surface area contributed by atoms with Crippen LogP contribution in [0.25, 0.3) is 10.9 Å². The first-order valence-corrected chi connectivity index (χ1v) is 10.7. The van der Waals surface area contributed by atoms with Gasteiger partial charge in [-0.05, 0) is 76.5 Å². The number of rotatable bonds is 2. The Bertz CT molecular complexity index is 872. The van der Waals surface area contributed by atoms with Crippen LogP contribution in [0.3, 0.4) is 0 Å². The third-order valence-corrected chi connectivity index (χ3v) is 5.82. The average Bonchev–Trinajstić information content (AvgIpc) is 3.09. The van der Waals surface area contributed by atoms with Crippen molar-refractivity contribution in [3.63, 3.8) is 0 Å². The summed E-state index contributed by atoms with van der Waals surface area (Å²) in [5.41, 5.74) is 8.97. The minimum Gasteiger partial charge on any atom is -0.444 e. The summed E-state index contributed by atoms with van der Waals surface area (Å²) in [6.45, 7) is 7.84. The van der Waals surface area contributed by atoms with E-state index in [4.69, 9.17) is 15.2 Å². The zero-order valence-electron chi connectivity index (χ0n) is 17.7. The van der Waals surface area contributed by atoms with Crippen LogP contribution in [0.5, 0.6) is 0 Å². The number of hydrogen-bond donors (Lipinski definition) is 1. The molecule has 2 N–H and O–H groups in total. The van der Waals surface area contributed by atoms with Crippen LogP contribution in [0.1, 0.15) is 70.6 Å². The quantitative estimate of drug-likeness (QED) is 0.754. The minimum atomic E-state index is -0.469. The Hall–Kier alpha value is -2.28. The molecular formula is C22H32N4O3. The van der Waals surface area contributed by atoms with Gasteiger partial charge in [0, 0.05) is 30.8 Å². The molecule has 3 heterocycles. The molecule has 2 aliphatic rings. The molecule has 2 aliphatic heterocycles. The zero-order valence-corrected chi connectivity index (χ0v) is 17.7. The number of fused-ring (bicyclic) bond motifs is 1. The van der Waals surface area contributed by atoms with Crippen molar-refractivity contribution in [1.29, 1.82) is 0 Å². The van der Waals surface area contributed by atoms with Gasteiger partial charge in [0.2, 0.25) is 0 Å². The number of nitrogen functional groups attached to an aromatic ring is 1. The fourth-order valence-corrected chi connectivity index (χ4v) is 4.33. The van der Waals surface area contributed by atoms with E-state index in [0.717, 1.165) is 60.9 Å². The third-order valence-electron chi connectivity index (χ3n) is 5.82. The summed E-state index contributed by atoms with van der Waals surface area (Å²) >= 11 is 0. The molecule has 1 unspecified atom stereocenters. The molecule has 7 heteroatoms. The number of hydrogen-bond acceptors (Lipinski definition) is 5. The van der Waals surface area contributed by atoms with Gasteiger partial charge in [-0.3, -0.25) is 0 Å². The molecule has 2 saturated heterocycles. The Morgan fingerprint density at radius 2 is 1.97 bits per heavy atom. The average molecular weight is 401 g/mol. The van der Waals surface area contributed by atoms with Crippen LogP contribution in [0.15, 0.2) is 18.3 Å². The standard InChI is InChI=1S/C22H32N4O3/c1-22(2,3)29-21(27)25-9-7-15(8-10-25)17-13-19-16(12-18(17)23)14-24-26(19)20-6-4-5-11-28-20/h12-15,20H,4-11,23H2,1-3H3. The first-order chi connectivity index (χ1) is 13.8. The molecule has 1 aromatic heterocycles. The van der Waals surface area contributed by atoms with Gasteiger partial charge in [0.25, 0.3) is 0 Å². The van der Waals surface area contributed by atoms with Gasteiger partial charge in [-0.25, -0.2) is 9.48 Å². The topological polar surface area (TPSA) is 82.6 Å². The number of nitrogens with zero attached hydrogens (tertiary/aromatic N) is 3. The van der Waals surface area contributed by atoms with Crippen LogP contribution in [0.4, 0.5) is 10.5 Å². The summed E-state index contributed by atoms with van der Waals surface area (Å²) in [7, 11) is 0. The van der Waals surface area contributed by atoms with E-state index in [-0.39, 0.29) is 12.3 Å². The lowest BCUT2D eigenvalue weighted by Gasteiger charge is -2.34. The molecule has 1 amide bonds. The Balaban J connectivity index is 1.51. The molecule has 0 bridgehead atoms. The molecule has 7 nitrogen and oxygen atoms in total. The van der Waals surface area contributed by atoms with Crippen molar-refractivity contribution < 1.29 is 14.3 Å². The van der Waals surface area contributed by atoms with Crippen LogP contribution in [0.2, 0.25) is 0 Å². The highest BCUT2D eigenvalue weighted by molar-refractivity contribution is 5.84. The predicted molar refractivity (Wildman–Crippen MR) is 113 cm³/mol. The molecule has 1 aromatic carbocycles. The monoisotopic (exact) mass is 400 g/mol. The van der Waals surface area contributed by atoms with Gasteiger partial charge < -0.3 is 20.1 Å². The number of carbonyl (C=O) groups is 1.